The summed E-state index contributed by atoms with van der Waals surface area (Å²) in [6, 6.07) is 8.59. The minimum Gasteiger partial charge on any atom is -0.384 e. The summed E-state index contributed by atoms with van der Waals surface area (Å²) in [5, 5.41) is 15.3. The number of benzene rings is 1. The van der Waals surface area contributed by atoms with E-state index in [-0.39, 0.29) is 17.5 Å². The number of hydrogen-bond acceptors (Lipinski definition) is 6. The lowest BCUT2D eigenvalue weighted by molar-refractivity contribution is 0.0920. The van der Waals surface area contributed by atoms with Gasteiger partial charge in [0.25, 0.3) is 5.91 Å². The molecule has 186 valence electrons. The van der Waals surface area contributed by atoms with Crippen molar-refractivity contribution < 1.29 is 4.79 Å². The van der Waals surface area contributed by atoms with Crippen LogP contribution in [0.15, 0.2) is 24.3 Å². The second-order valence-corrected chi connectivity index (χ2v) is 11.2. The minimum absolute atomic E-state index is 0.0942. The maximum Gasteiger partial charge on any atom is 0.289 e. The monoisotopic (exact) mass is 467 g/mol. The lowest BCUT2D eigenvalue weighted by Crippen LogP contribution is -2.53. The first-order valence-corrected chi connectivity index (χ1v) is 12.8. The number of amides is 1. The minimum atomic E-state index is -0.167. The smallest absolute Gasteiger partial charge is 0.289 e. The Hall–Kier alpha value is -2.61. The number of nitrogens with one attached hydrogen (secondary N) is 3. The predicted octanol–water partition coefficient (Wildman–Crippen LogP) is 3.86. The highest BCUT2D eigenvalue weighted by atomic mass is 16.2. The van der Waals surface area contributed by atoms with Crippen LogP contribution in [0.4, 0.5) is 11.6 Å². The number of carbonyl (C=O) groups is 1. The number of nitrogens with zero attached hydrogens (tertiary/aromatic N) is 4. The van der Waals surface area contributed by atoms with E-state index in [4.69, 9.17) is 0 Å². The summed E-state index contributed by atoms with van der Waals surface area (Å²) in [6.45, 7) is 15.8. The molecule has 1 aromatic heterocycles. The van der Waals surface area contributed by atoms with Crippen molar-refractivity contribution in [3.63, 3.8) is 0 Å². The summed E-state index contributed by atoms with van der Waals surface area (Å²) >= 11 is 0. The van der Waals surface area contributed by atoms with Crippen LogP contribution in [0.2, 0.25) is 0 Å². The van der Waals surface area contributed by atoms with Crippen molar-refractivity contribution in [2.75, 3.05) is 42.9 Å². The van der Waals surface area contributed by atoms with E-state index in [1.54, 1.807) is 0 Å². The second kappa shape index (κ2) is 10.3. The molecule has 1 fully saturated rings. The Bertz CT molecular complexity index is 956. The number of rotatable bonds is 8. The Balaban J connectivity index is 1.38. The van der Waals surface area contributed by atoms with Gasteiger partial charge in [-0.15, -0.1) is 10.2 Å². The molecule has 0 spiro atoms. The molecule has 2 unspecified atom stereocenters. The first-order valence-electron chi connectivity index (χ1n) is 12.8. The Morgan fingerprint density at radius 2 is 1.85 bits per heavy atom. The number of anilines is 2. The topological polar surface area (TPSA) is 89.2 Å². The van der Waals surface area contributed by atoms with Crippen molar-refractivity contribution in [3.05, 3.63) is 35.7 Å². The van der Waals surface area contributed by atoms with E-state index < -0.39 is 0 Å². The Kier molecular flexibility index (Phi) is 7.45. The zero-order valence-electron chi connectivity index (χ0n) is 21.4. The lowest BCUT2D eigenvalue weighted by Gasteiger charge is -2.42. The fraction of sp³-hybridized carbons (Fsp3) is 0.654. The van der Waals surface area contributed by atoms with Crippen LogP contribution in [0.1, 0.15) is 76.0 Å². The molecule has 3 heterocycles. The largest absolute Gasteiger partial charge is 0.384 e. The molecule has 1 aromatic carbocycles. The van der Waals surface area contributed by atoms with E-state index in [0.717, 1.165) is 52.0 Å². The molecule has 0 aliphatic carbocycles. The molecule has 34 heavy (non-hydrogen) atoms. The first kappa shape index (κ1) is 24.5. The number of aromatic nitrogens is 3. The summed E-state index contributed by atoms with van der Waals surface area (Å²) in [5.74, 6) is 1.81. The molecule has 2 aliphatic heterocycles. The van der Waals surface area contributed by atoms with Gasteiger partial charge in [-0.1, -0.05) is 32.0 Å². The molecular formula is C26H41N7O. The van der Waals surface area contributed by atoms with E-state index in [1.807, 2.05) is 0 Å². The number of piperazine rings is 1. The Morgan fingerprint density at radius 1 is 1.12 bits per heavy atom. The number of fused-ring (bicyclic) bond motifs is 1. The molecule has 0 bridgehead atoms. The number of hydrogen-bond donors (Lipinski definition) is 3. The quantitative estimate of drug-likeness (QED) is 0.546. The van der Waals surface area contributed by atoms with Crippen LogP contribution in [0.5, 0.6) is 0 Å². The van der Waals surface area contributed by atoms with Crippen LogP contribution in [0, 0.1) is 5.92 Å². The molecule has 4 rings (SSSR count). The third-order valence-corrected chi connectivity index (χ3v) is 7.15. The van der Waals surface area contributed by atoms with Crippen LogP contribution in [-0.2, 0) is 0 Å². The zero-order chi connectivity index (χ0) is 24.3. The molecular weight excluding hydrogens is 426 g/mol. The van der Waals surface area contributed by atoms with E-state index in [0.29, 0.717) is 23.6 Å². The Morgan fingerprint density at radius 3 is 2.56 bits per heavy atom. The van der Waals surface area contributed by atoms with Gasteiger partial charge in [-0.05, 0) is 57.6 Å². The van der Waals surface area contributed by atoms with Crippen molar-refractivity contribution in [2.24, 2.45) is 5.92 Å². The van der Waals surface area contributed by atoms with Crippen molar-refractivity contribution in [1.82, 2.24) is 25.4 Å². The highest BCUT2D eigenvalue weighted by Crippen LogP contribution is 2.34. The Labute approximate surface area is 203 Å². The van der Waals surface area contributed by atoms with Gasteiger partial charge in [0, 0.05) is 55.9 Å². The molecule has 1 saturated heterocycles. The van der Waals surface area contributed by atoms with Crippen LogP contribution in [0.25, 0.3) is 0 Å². The highest BCUT2D eigenvalue weighted by Gasteiger charge is 2.29. The van der Waals surface area contributed by atoms with Crippen molar-refractivity contribution in [1.29, 1.82) is 0 Å². The average molecular weight is 468 g/mol. The summed E-state index contributed by atoms with van der Waals surface area (Å²) in [4.78, 5) is 20.9. The van der Waals surface area contributed by atoms with Crippen LogP contribution < -0.4 is 15.5 Å². The van der Waals surface area contributed by atoms with Gasteiger partial charge >= 0.3 is 0 Å². The van der Waals surface area contributed by atoms with E-state index >= 15 is 0 Å². The highest BCUT2D eigenvalue weighted by molar-refractivity contribution is 5.90. The summed E-state index contributed by atoms with van der Waals surface area (Å²) in [5.41, 5.74) is 2.73. The zero-order valence-corrected chi connectivity index (χ0v) is 21.4. The van der Waals surface area contributed by atoms with E-state index in [2.05, 4.69) is 94.5 Å². The van der Waals surface area contributed by atoms with Gasteiger partial charge in [0.15, 0.2) is 0 Å². The predicted molar refractivity (Wildman–Crippen MR) is 138 cm³/mol. The second-order valence-electron chi connectivity index (χ2n) is 11.2. The summed E-state index contributed by atoms with van der Waals surface area (Å²) in [7, 11) is 0. The van der Waals surface area contributed by atoms with Gasteiger partial charge < -0.3 is 20.5 Å². The normalized spacial score (nSPS) is 19.7. The standard InChI is InChI=1S/C26H41N7O/c1-18(2)10-11-20(16-19-17-27-22-9-7-6-8-21(19)22)28-24(34)23-29-25(31-30-23)32-12-14-33(15-13-32)26(3,4)5/h6-9,18-20,27H,10-17H2,1-5H3,(H,28,34)(H,29,30,31). The van der Waals surface area contributed by atoms with E-state index in [9.17, 15) is 4.79 Å². The molecule has 2 atom stereocenters. The van der Waals surface area contributed by atoms with Gasteiger partial charge in [-0.25, -0.2) is 0 Å². The number of aromatic amines is 1. The van der Waals surface area contributed by atoms with Crippen LogP contribution in [0.3, 0.4) is 0 Å². The fourth-order valence-corrected chi connectivity index (χ4v) is 5.03. The fourth-order valence-electron chi connectivity index (χ4n) is 5.03. The van der Waals surface area contributed by atoms with Crippen molar-refractivity contribution in [3.8, 4) is 0 Å². The average Bonchev–Trinajstić information content (AvgIpc) is 3.45. The lowest BCUT2D eigenvalue weighted by atomic mass is 9.90. The molecule has 0 saturated carbocycles. The number of para-hydroxylation sites is 1. The first-order chi connectivity index (χ1) is 16.2. The number of carbonyl (C=O) groups excluding carboxylic acids is 1. The maximum atomic E-state index is 13.1. The molecule has 2 aliphatic rings. The number of H-pyrrole nitrogens is 1. The summed E-state index contributed by atoms with van der Waals surface area (Å²) < 4.78 is 0. The van der Waals surface area contributed by atoms with Gasteiger partial charge in [0.05, 0.1) is 0 Å². The summed E-state index contributed by atoms with van der Waals surface area (Å²) in [6.07, 6.45) is 2.95. The SMILES string of the molecule is CC(C)CCC(CC1CNc2ccccc21)NC(=O)c1nnc(N2CCN(C(C)(C)C)CC2)[nH]1. The molecule has 3 N–H and O–H groups in total. The molecule has 8 heteroatoms. The van der Waals surface area contributed by atoms with Gasteiger partial charge in [-0.3, -0.25) is 9.69 Å². The third-order valence-electron chi connectivity index (χ3n) is 7.15. The van der Waals surface area contributed by atoms with Gasteiger partial charge in [0.2, 0.25) is 11.8 Å². The van der Waals surface area contributed by atoms with Crippen LogP contribution >= 0.6 is 0 Å². The van der Waals surface area contributed by atoms with E-state index in [1.165, 1.54) is 11.3 Å². The van der Waals surface area contributed by atoms with Crippen LogP contribution in [-0.4, -0.2) is 70.3 Å². The van der Waals surface area contributed by atoms with Gasteiger partial charge in [-0.2, -0.15) is 0 Å². The third kappa shape index (κ3) is 5.90. The molecule has 2 aromatic rings. The van der Waals surface area contributed by atoms with Gasteiger partial charge in [0.1, 0.15) is 0 Å². The molecule has 8 nitrogen and oxygen atoms in total. The van der Waals surface area contributed by atoms with Crippen molar-refractivity contribution in [2.45, 2.75) is 71.4 Å². The molecule has 0 radical (unpaired) electrons. The van der Waals surface area contributed by atoms with Crippen molar-refractivity contribution >= 4 is 17.5 Å². The maximum absolute atomic E-state index is 13.1. The molecule has 1 amide bonds.